The van der Waals surface area contributed by atoms with Crippen LogP contribution in [-0.2, 0) is 10.9 Å². The highest BCUT2D eigenvalue weighted by Gasteiger charge is 2.32. The molecule has 0 aliphatic rings. The van der Waals surface area contributed by atoms with Crippen molar-refractivity contribution in [1.29, 1.82) is 0 Å². The zero-order chi connectivity index (χ0) is 17.0. The number of carbonyl (C=O) groups excluding carboxylic acids is 2. The number of aromatic nitrogens is 1. The van der Waals surface area contributed by atoms with Gasteiger partial charge in [0.2, 0.25) is 0 Å². The number of nitrogens with zero attached hydrogens (tertiary/aromatic N) is 1. The maximum atomic E-state index is 12.4. The van der Waals surface area contributed by atoms with Crippen LogP contribution in [0.4, 0.5) is 18.9 Å². The average Bonchev–Trinajstić information content (AvgIpc) is 2.53. The van der Waals surface area contributed by atoms with Crippen LogP contribution in [0.3, 0.4) is 0 Å². The Kier molecular flexibility index (Phi) is 4.63. The van der Waals surface area contributed by atoms with E-state index in [1.54, 1.807) is 0 Å². The second-order valence-corrected chi connectivity index (χ2v) is 4.46. The number of pyridine rings is 1. The number of amides is 1. The fourth-order valence-corrected chi connectivity index (χ4v) is 1.74. The third kappa shape index (κ3) is 4.06. The molecule has 120 valence electrons. The Labute approximate surface area is 129 Å². The number of nitrogens with one attached hydrogen (secondary N) is 1. The number of rotatable bonds is 3. The molecule has 2 aromatic rings. The van der Waals surface area contributed by atoms with Gasteiger partial charge in [0.15, 0.2) is 0 Å². The summed E-state index contributed by atoms with van der Waals surface area (Å²) in [6, 6.07) is 7.70. The van der Waals surface area contributed by atoms with Crippen LogP contribution in [0.25, 0.3) is 0 Å². The molecule has 0 aliphatic heterocycles. The summed E-state index contributed by atoms with van der Waals surface area (Å²) in [5.41, 5.74) is -0.586. The number of halogens is 3. The van der Waals surface area contributed by atoms with Crippen molar-refractivity contribution in [3.8, 4) is 0 Å². The number of hydrogen-bond donors (Lipinski definition) is 1. The Morgan fingerprint density at radius 1 is 1.13 bits per heavy atom. The summed E-state index contributed by atoms with van der Waals surface area (Å²) in [5.74, 6) is -1.22. The van der Waals surface area contributed by atoms with Gasteiger partial charge in [-0.1, -0.05) is 6.07 Å². The van der Waals surface area contributed by atoms with Gasteiger partial charge in [-0.05, 0) is 30.3 Å². The molecule has 8 heteroatoms. The molecule has 0 fully saturated rings. The Morgan fingerprint density at radius 3 is 2.43 bits per heavy atom. The van der Waals surface area contributed by atoms with Crippen LogP contribution in [0.15, 0.2) is 42.6 Å². The number of hydrogen-bond acceptors (Lipinski definition) is 4. The molecule has 1 heterocycles. The smallest absolute Gasteiger partial charge is 0.433 e. The number of methoxy groups -OCH3 is 1. The number of carbonyl (C=O) groups is 2. The SMILES string of the molecule is COC(=O)c1cccc(NC(=O)c2ccc(C(F)(F)F)nc2)c1. The van der Waals surface area contributed by atoms with E-state index >= 15 is 0 Å². The molecule has 1 amide bonds. The van der Waals surface area contributed by atoms with Crippen LogP contribution < -0.4 is 5.32 Å². The molecule has 0 spiro atoms. The Morgan fingerprint density at radius 2 is 1.87 bits per heavy atom. The van der Waals surface area contributed by atoms with E-state index in [4.69, 9.17) is 0 Å². The van der Waals surface area contributed by atoms with Gasteiger partial charge in [0.1, 0.15) is 5.69 Å². The van der Waals surface area contributed by atoms with Gasteiger partial charge in [-0.2, -0.15) is 13.2 Å². The summed E-state index contributed by atoms with van der Waals surface area (Å²) in [6.07, 6.45) is -3.73. The van der Waals surface area contributed by atoms with Crippen molar-refractivity contribution in [2.24, 2.45) is 0 Å². The Bertz CT molecular complexity index is 727. The molecular formula is C15H11F3N2O3. The van der Waals surface area contributed by atoms with E-state index in [1.165, 1.54) is 31.4 Å². The summed E-state index contributed by atoms with van der Waals surface area (Å²) in [7, 11) is 1.22. The van der Waals surface area contributed by atoms with Crippen LogP contribution in [0, 0.1) is 0 Å². The maximum absolute atomic E-state index is 12.4. The first-order chi connectivity index (χ1) is 10.8. The number of ether oxygens (including phenoxy) is 1. The molecule has 0 saturated carbocycles. The summed E-state index contributed by atoms with van der Waals surface area (Å²) in [6.45, 7) is 0. The third-order valence-corrected chi connectivity index (χ3v) is 2.86. The zero-order valence-corrected chi connectivity index (χ0v) is 11.8. The second-order valence-electron chi connectivity index (χ2n) is 4.46. The molecule has 0 bridgehead atoms. The number of benzene rings is 1. The standard InChI is InChI=1S/C15H11F3N2O3/c1-23-14(22)9-3-2-4-11(7-9)20-13(21)10-5-6-12(19-8-10)15(16,17)18/h2-8H,1H3,(H,20,21). The van der Waals surface area contributed by atoms with Crippen molar-refractivity contribution in [2.75, 3.05) is 12.4 Å². The van der Waals surface area contributed by atoms with Gasteiger partial charge in [0, 0.05) is 11.9 Å². The third-order valence-electron chi connectivity index (χ3n) is 2.86. The van der Waals surface area contributed by atoms with Crippen molar-refractivity contribution < 1.29 is 27.5 Å². The number of alkyl halides is 3. The van der Waals surface area contributed by atoms with E-state index in [9.17, 15) is 22.8 Å². The number of anilines is 1. The first kappa shape index (κ1) is 16.5. The largest absolute Gasteiger partial charge is 0.465 e. The molecule has 1 aromatic carbocycles. The fourth-order valence-electron chi connectivity index (χ4n) is 1.74. The predicted octanol–water partition coefficient (Wildman–Crippen LogP) is 3.14. The molecule has 0 unspecified atom stereocenters. The number of esters is 1. The van der Waals surface area contributed by atoms with E-state index in [2.05, 4.69) is 15.0 Å². The molecule has 1 aromatic heterocycles. The minimum Gasteiger partial charge on any atom is -0.465 e. The highest BCUT2D eigenvalue weighted by atomic mass is 19.4. The van der Waals surface area contributed by atoms with Crippen molar-refractivity contribution in [2.45, 2.75) is 6.18 Å². The molecule has 1 N–H and O–H groups in total. The van der Waals surface area contributed by atoms with Crippen molar-refractivity contribution >= 4 is 17.6 Å². The lowest BCUT2D eigenvalue weighted by Gasteiger charge is -2.08. The van der Waals surface area contributed by atoms with Gasteiger partial charge in [0.05, 0.1) is 18.2 Å². The first-order valence-electron chi connectivity index (χ1n) is 6.34. The van der Waals surface area contributed by atoms with Crippen LogP contribution in [-0.4, -0.2) is 24.0 Å². The van der Waals surface area contributed by atoms with Crippen LogP contribution in [0.1, 0.15) is 26.4 Å². The topological polar surface area (TPSA) is 68.3 Å². The lowest BCUT2D eigenvalue weighted by atomic mass is 10.2. The summed E-state index contributed by atoms with van der Waals surface area (Å²) in [4.78, 5) is 26.6. The molecular weight excluding hydrogens is 313 g/mol. The molecule has 5 nitrogen and oxygen atoms in total. The van der Waals surface area contributed by atoms with Crippen LogP contribution in [0.2, 0.25) is 0 Å². The van der Waals surface area contributed by atoms with Crippen molar-refractivity contribution in [3.63, 3.8) is 0 Å². The highest BCUT2D eigenvalue weighted by Crippen LogP contribution is 2.27. The van der Waals surface area contributed by atoms with Crippen LogP contribution in [0.5, 0.6) is 0 Å². The van der Waals surface area contributed by atoms with E-state index in [0.717, 1.165) is 18.3 Å². The second kappa shape index (κ2) is 6.47. The average molecular weight is 324 g/mol. The van der Waals surface area contributed by atoms with Crippen molar-refractivity contribution in [3.05, 3.63) is 59.4 Å². The van der Waals surface area contributed by atoms with E-state index in [-0.39, 0.29) is 11.1 Å². The minimum atomic E-state index is -4.57. The zero-order valence-electron chi connectivity index (χ0n) is 11.8. The summed E-state index contributed by atoms with van der Waals surface area (Å²) >= 11 is 0. The van der Waals surface area contributed by atoms with Gasteiger partial charge in [0.25, 0.3) is 5.91 Å². The van der Waals surface area contributed by atoms with Crippen LogP contribution >= 0.6 is 0 Å². The molecule has 2 rings (SSSR count). The molecule has 0 atom stereocenters. The van der Waals surface area contributed by atoms with Crippen molar-refractivity contribution in [1.82, 2.24) is 4.98 Å². The highest BCUT2D eigenvalue weighted by molar-refractivity contribution is 6.04. The normalized spacial score (nSPS) is 11.0. The lowest BCUT2D eigenvalue weighted by Crippen LogP contribution is -2.14. The minimum absolute atomic E-state index is 0.0403. The molecule has 0 radical (unpaired) electrons. The monoisotopic (exact) mass is 324 g/mol. The molecule has 0 aliphatic carbocycles. The first-order valence-corrected chi connectivity index (χ1v) is 6.34. The van der Waals surface area contributed by atoms with E-state index < -0.39 is 23.7 Å². The summed E-state index contributed by atoms with van der Waals surface area (Å²) < 4.78 is 41.8. The van der Waals surface area contributed by atoms with Gasteiger partial charge < -0.3 is 10.1 Å². The predicted molar refractivity (Wildman–Crippen MR) is 75.0 cm³/mol. The fraction of sp³-hybridized carbons (Fsp3) is 0.133. The summed E-state index contributed by atoms with van der Waals surface area (Å²) in [5, 5.41) is 2.47. The maximum Gasteiger partial charge on any atom is 0.433 e. The van der Waals surface area contributed by atoms with Gasteiger partial charge in [-0.3, -0.25) is 9.78 Å². The Hall–Kier alpha value is -2.90. The van der Waals surface area contributed by atoms with E-state index in [0.29, 0.717) is 5.69 Å². The van der Waals surface area contributed by atoms with Gasteiger partial charge >= 0.3 is 12.1 Å². The molecule has 0 saturated heterocycles. The van der Waals surface area contributed by atoms with E-state index in [1.807, 2.05) is 0 Å². The Balaban J connectivity index is 2.14. The quantitative estimate of drug-likeness (QED) is 0.881. The lowest BCUT2D eigenvalue weighted by molar-refractivity contribution is -0.141. The van der Waals surface area contributed by atoms with Gasteiger partial charge in [-0.25, -0.2) is 4.79 Å². The van der Waals surface area contributed by atoms with Gasteiger partial charge in [-0.15, -0.1) is 0 Å². The molecule has 23 heavy (non-hydrogen) atoms.